The second-order valence-corrected chi connectivity index (χ2v) is 6.35. The highest BCUT2D eigenvalue weighted by Gasteiger charge is 2.35. The Labute approximate surface area is 125 Å². The lowest BCUT2D eigenvalue weighted by Crippen LogP contribution is -2.66. The van der Waals surface area contributed by atoms with Crippen LogP contribution in [0.5, 0.6) is 0 Å². The Bertz CT molecular complexity index is 641. The van der Waals surface area contributed by atoms with E-state index in [1.54, 1.807) is 0 Å². The lowest BCUT2D eigenvalue weighted by atomic mass is 9.98. The summed E-state index contributed by atoms with van der Waals surface area (Å²) in [5.41, 5.74) is 8.79. The number of para-hydroxylation sites is 2. The quantitative estimate of drug-likeness (QED) is 0.889. The normalized spacial score (nSPS) is 29.9. The molecule has 112 valence electrons. The zero-order valence-corrected chi connectivity index (χ0v) is 12.6. The Kier molecular flexibility index (Phi) is 3.21. The van der Waals surface area contributed by atoms with E-state index < -0.39 is 0 Å². The minimum atomic E-state index is 0.156. The van der Waals surface area contributed by atoms with Gasteiger partial charge in [0, 0.05) is 58.3 Å². The number of nitrogens with two attached hydrogens (primary N) is 1. The molecule has 2 aromatic rings. The number of benzene rings is 1. The first-order chi connectivity index (χ1) is 10.2. The highest BCUT2D eigenvalue weighted by atomic mass is 15.3. The third-order valence-corrected chi connectivity index (χ3v) is 5.11. The molecule has 2 unspecified atom stereocenters. The van der Waals surface area contributed by atoms with E-state index in [0.29, 0.717) is 6.04 Å². The molecule has 0 aliphatic carbocycles. The Morgan fingerprint density at radius 2 is 2.00 bits per heavy atom. The second kappa shape index (κ2) is 5.09. The van der Waals surface area contributed by atoms with Gasteiger partial charge in [0.2, 0.25) is 0 Å². The van der Waals surface area contributed by atoms with Crippen LogP contribution in [0, 0.1) is 0 Å². The van der Waals surface area contributed by atoms with Gasteiger partial charge in [-0.2, -0.15) is 0 Å². The van der Waals surface area contributed by atoms with Crippen molar-refractivity contribution in [3.8, 4) is 0 Å². The molecule has 2 atom stereocenters. The Balaban J connectivity index is 1.55. The molecule has 3 saturated heterocycles. The first-order valence-corrected chi connectivity index (χ1v) is 7.85. The molecular weight excluding hydrogens is 262 g/mol. The van der Waals surface area contributed by atoms with Crippen LogP contribution >= 0.6 is 0 Å². The number of nitrogens with zero attached hydrogens (tertiary/aromatic N) is 4. The van der Waals surface area contributed by atoms with Gasteiger partial charge in [0.25, 0.3) is 0 Å². The summed E-state index contributed by atoms with van der Waals surface area (Å²) in [7, 11) is 2.09. The summed E-state index contributed by atoms with van der Waals surface area (Å²) in [6, 6.07) is 8.93. The van der Waals surface area contributed by atoms with E-state index >= 15 is 0 Å². The van der Waals surface area contributed by atoms with E-state index in [1.807, 2.05) is 6.07 Å². The molecule has 0 radical (unpaired) electrons. The summed E-state index contributed by atoms with van der Waals surface area (Å²) >= 11 is 0. The van der Waals surface area contributed by atoms with Crippen LogP contribution in [0.2, 0.25) is 0 Å². The zero-order valence-electron chi connectivity index (χ0n) is 12.6. The van der Waals surface area contributed by atoms with Crippen LogP contribution in [-0.2, 0) is 13.5 Å². The van der Waals surface area contributed by atoms with E-state index in [9.17, 15) is 0 Å². The highest BCUT2D eigenvalue weighted by molar-refractivity contribution is 5.75. The lowest BCUT2D eigenvalue weighted by molar-refractivity contribution is 0.00229. The van der Waals surface area contributed by atoms with Crippen molar-refractivity contribution in [3.63, 3.8) is 0 Å². The summed E-state index contributed by atoms with van der Waals surface area (Å²) in [5.74, 6) is 1.10. The van der Waals surface area contributed by atoms with E-state index in [0.717, 1.165) is 24.3 Å². The molecule has 3 aliphatic heterocycles. The van der Waals surface area contributed by atoms with Gasteiger partial charge in [0.05, 0.1) is 11.0 Å². The van der Waals surface area contributed by atoms with Crippen molar-refractivity contribution in [2.45, 2.75) is 18.5 Å². The van der Waals surface area contributed by atoms with Crippen LogP contribution < -0.4 is 5.73 Å². The molecule has 1 aromatic heterocycles. The van der Waals surface area contributed by atoms with Crippen molar-refractivity contribution in [1.82, 2.24) is 19.4 Å². The summed E-state index contributed by atoms with van der Waals surface area (Å²) < 4.78 is 2.19. The SMILES string of the molecule is Cn1c(CC(N)C2CN3CCN2CC3)nc2ccccc21. The molecule has 0 saturated carbocycles. The van der Waals surface area contributed by atoms with Crippen molar-refractivity contribution >= 4 is 11.0 Å². The molecule has 4 heterocycles. The molecule has 0 spiro atoms. The van der Waals surface area contributed by atoms with Crippen molar-refractivity contribution in [2.75, 3.05) is 32.7 Å². The average molecular weight is 285 g/mol. The predicted octanol–water partition coefficient (Wildman–Crippen LogP) is 0.443. The monoisotopic (exact) mass is 285 g/mol. The first kappa shape index (κ1) is 13.2. The predicted molar refractivity (Wildman–Crippen MR) is 84.2 cm³/mol. The van der Waals surface area contributed by atoms with Gasteiger partial charge in [-0.15, -0.1) is 0 Å². The number of aromatic nitrogens is 2. The number of rotatable bonds is 3. The Morgan fingerprint density at radius 1 is 1.24 bits per heavy atom. The van der Waals surface area contributed by atoms with Crippen molar-refractivity contribution in [2.24, 2.45) is 12.8 Å². The van der Waals surface area contributed by atoms with Crippen LogP contribution in [0.25, 0.3) is 11.0 Å². The van der Waals surface area contributed by atoms with Crippen molar-refractivity contribution < 1.29 is 0 Å². The van der Waals surface area contributed by atoms with Gasteiger partial charge in [0.15, 0.2) is 0 Å². The molecule has 3 fully saturated rings. The lowest BCUT2D eigenvalue weighted by Gasteiger charge is -2.49. The van der Waals surface area contributed by atoms with E-state index in [4.69, 9.17) is 10.7 Å². The fraction of sp³-hybridized carbons (Fsp3) is 0.562. The smallest absolute Gasteiger partial charge is 0.111 e. The Morgan fingerprint density at radius 3 is 2.67 bits per heavy atom. The minimum absolute atomic E-state index is 0.156. The number of aryl methyl sites for hydroxylation is 1. The van der Waals surface area contributed by atoms with Crippen LogP contribution in [0.4, 0.5) is 0 Å². The van der Waals surface area contributed by atoms with Crippen LogP contribution in [0.1, 0.15) is 5.82 Å². The van der Waals surface area contributed by atoms with E-state index in [2.05, 4.69) is 39.6 Å². The topological polar surface area (TPSA) is 50.3 Å². The standard InChI is InChI=1S/C16H23N5/c1-19-14-5-3-2-4-13(14)18-16(19)10-12(17)15-11-20-6-8-21(15)9-7-20/h2-5,12,15H,6-11,17H2,1H3. The number of hydrogen-bond acceptors (Lipinski definition) is 4. The maximum Gasteiger partial charge on any atom is 0.111 e. The third kappa shape index (κ3) is 2.25. The zero-order chi connectivity index (χ0) is 14.4. The number of hydrogen-bond donors (Lipinski definition) is 1. The molecule has 5 rings (SSSR count). The van der Waals surface area contributed by atoms with E-state index in [1.165, 1.54) is 31.7 Å². The molecule has 3 aliphatic rings. The van der Waals surface area contributed by atoms with Crippen LogP contribution in [0.15, 0.2) is 24.3 Å². The third-order valence-electron chi connectivity index (χ3n) is 5.11. The van der Waals surface area contributed by atoms with Gasteiger partial charge in [0.1, 0.15) is 5.82 Å². The summed E-state index contributed by atoms with van der Waals surface area (Å²) in [4.78, 5) is 9.86. The molecule has 0 amide bonds. The molecule has 5 heteroatoms. The molecule has 21 heavy (non-hydrogen) atoms. The average Bonchev–Trinajstić information content (AvgIpc) is 2.85. The second-order valence-electron chi connectivity index (χ2n) is 6.35. The molecule has 1 aromatic carbocycles. The largest absolute Gasteiger partial charge is 0.331 e. The summed E-state index contributed by atoms with van der Waals surface area (Å²) in [5, 5.41) is 0. The van der Waals surface area contributed by atoms with E-state index in [-0.39, 0.29) is 6.04 Å². The van der Waals surface area contributed by atoms with Crippen molar-refractivity contribution in [3.05, 3.63) is 30.1 Å². The summed E-state index contributed by atoms with van der Waals surface area (Å²) in [6.07, 6.45) is 0.847. The van der Waals surface area contributed by atoms with Gasteiger partial charge >= 0.3 is 0 Å². The first-order valence-electron chi connectivity index (χ1n) is 7.85. The van der Waals surface area contributed by atoms with Crippen LogP contribution in [-0.4, -0.2) is 64.2 Å². The number of imidazole rings is 1. The van der Waals surface area contributed by atoms with Crippen molar-refractivity contribution in [1.29, 1.82) is 0 Å². The number of piperazine rings is 3. The van der Waals surface area contributed by atoms with Gasteiger partial charge in [-0.25, -0.2) is 4.98 Å². The van der Waals surface area contributed by atoms with Gasteiger partial charge in [-0.3, -0.25) is 9.80 Å². The van der Waals surface area contributed by atoms with Gasteiger partial charge in [-0.1, -0.05) is 12.1 Å². The number of fused-ring (bicyclic) bond motifs is 4. The summed E-state index contributed by atoms with van der Waals surface area (Å²) in [6.45, 7) is 5.86. The highest BCUT2D eigenvalue weighted by Crippen LogP contribution is 2.21. The fourth-order valence-electron chi connectivity index (χ4n) is 3.79. The molecule has 2 N–H and O–H groups in total. The van der Waals surface area contributed by atoms with Gasteiger partial charge < -0.3 is 10.3 Å². The molecule has 2 bridgehead atoms. The fourth-order valence-corrected chi connectivity index (χ4v) is 3.79. The molecule has 5 nitrogen and oxygen atoms in total. The Hall–Kier alpha value is -1.43. The minimum Gasteiger partial charge on any atom is -0.331 e. The molecular formula is C16H23N5. The van der Waals surface area contributed by atoms with Gasteiger partial charge in [-0.05, 0) is 12.1 Å². The maximum atomic E-state index is 6.54. The van der Waals surface area contributed by atoms with Crippen LogP contribution in [0.3, 0.4) is 0 Å². The maximum absolute atomic E-state index is 6.54.